The number of para-hydroxylation sites is 1. The van der Waals surface area contributed by atoms with Gasteiger partial charge in [0.05, 0.1) is 45.4 Å². The van der Waals surface area contributed by atoms with Gasteiger partial charge in [0.2, 0.25) is 0 Å². The number of carboxylic acid groups (broad SMARTS) is 1. The van der Waals surface area contributed by atoms with Gasteiger partial charge in [-0.25, -0.2) is 13.2 Å². The fourth-order valence-electron chi connectivity index (χ4n) is 3.90. The highest BCUT2D eigenvalue weighted by Crippen LogP contribution is 2.31. The lowest BCUT2D eigenvalue weighted by molar-refractivity contribution is -0.384. The standard InChI is InChI=1S/C24H22N6O9S/c31-24(32)18-3-1-2-4-19(18)27-40(37,38)17-6-7-20(22(14-17)29(33)34)26-25-15-16-5-8-21(23(13-16)30(35)36)28-9-11-39-12-10-28/h1-8,13-15,26-27H,9-12H2,(H,31,32)/b25-15-. The Morgan fingerprint density at radius 3 is 2.35 bits per heavy atom. The molecule has 16 heteroatoms. The summed E-state index contributed by atoms with van der Waals surface area (Å²) in [6.07, 6.45) is 1.23. The third-order valence-corrected chi connectivity index (χ3v) is 7.19. The first-order valence-corrected chi connectivity index (χ1v) is 13.1. The Morgan fingerprint density at radius 2 is 1.68 bits per heavy atom. The van der Waals surface area contributed by atoms with Crippen molar-refractivity contribution in [1.29, 1.82) is 0 Å². The zero-order valence-corrected chi connectivity index (χ0v) is 21.4. The molecule has 0 spiro atoms. The molecular weight excluding hydrogens is 548 g/mol. The Bertz CT molecular complexity index is 1600. The first kappa shape index (κ1) is 27.9. The van der Waals surface area contributed by atoms with E-state index in [4.69, 9.17) is 4.74 Å². The molecule has 0 bridgehead atoms. The molecule has 1 heterocycles. The van der Waals surface area contributed by atoms with Gasteiger partial charge in [0, 0.05) is 30.8 Å². The molecule has 3 N–H and O–H groups in total. The number of sulfonamides is 1. The maximum atomic E-state index is 12.8. The summed E-state index contributed by atoms with van der Waals surface area (Å²) in [4.78, 5) is 34.7. The Labute approximate surface area is 227 Å². The second-order valence-electron chi connectivity index (χ2n) is 8.37. The minimum Gasteiger partial charge on any atom is -0.478 e. The van der Waals surface area contributed by atoms with Crippen LogP contribution in [0.2, 0.25) is 0 Å². The van der Waals surface area contributed by atoms with Gasteiger partial charge in [0.15, 0.2) is 0 Å². The van der Waals surface area contributed by atoms with Crippen molar-refractivity contribution in [3.63, 3.8) is 0 Å². The van der Waals surface area contributed by atoms with Gasteiger partial charge in [-0.2, -0.15) is 5.10 Å². The Hall–Kier alpha value is -5.09. The number of hydrogen-bond acceptors (Lipinski definition) is 11. The van der Waals surface area contributed by atoms with Crippen molar-refractivity contribution in [3.05, 3.63) is 92.0 Å². The van der Waals surface area contributed by atoms with E-state index in [1.165, 1.54) is 36.5 Å². The minimum absolute atomic E-state index is 0.136. The summed E-state index contributed by atoms with van der Waals surface area (Å²) in [5, 5.41) is 36.5. The van der Waals surface area contributed by atoms with Crippen molar-refractivity contribution < 1.29 is 32.9 Å². The van der Waals surface area contributed by atoms with Gasteiger partial charge in [-0.1, -0.05) is 18.2 Å². The summed E-state index contributed by atoms with van der Waals surface area (Å²) in [5.41, 5.74) is 1.82. The van der Waals surface area contributed by atoms with Crippen molar-refractivity contribution in [2.75, 3.05) is 41.4 Å². The molecule has 0 unspecified atom stereocenters. The minimum atomic E-state index is -4.39. The lowest BCUT2D eigenvalue weighted by atomic mass is 10.1. The van der Waals surface area contributed by atoms with E-state index in [-0.39, 0.29) is 22.6 Å². The second kappa shape index (κ2) is 11.7. The lowest BCUT2D eigenvalue weighted by Gasteiger charge is -2.28. The molecule has 0 amide bonds. The number of ether oxygens (including phenoxy) is 1. The average molecular weight is 571 g/mol. The van der Waals surface area contributed by atoms with Crippen molar-refractivity contribution in [2.24, 2.45) is 5.10 Å². The highest BCUT2D eigenvalue weighted by Gasteiger charge is 2.24. The molecule has 15 nitrogen and oxygen atoms in total. The first-order valence-electron chi connectivity index (χ1n) is 11.6. The number of nitrogens with one attached hydrogen (secondary N) is 2. The molecule has 1 aliphatic heterocycles. The van der Waals surface area contributed by atoms with Gasteiger partial charge in [0.1, 0.15) is 11.4 Å². The third kappa shape index (κ3) is 6.30. The van der Waals surface area contributed by atoms with Crippen LogP contribution in [0.1, 0.15) is 15.9 Å². The third-order valence-electron chi connectivity index (χ3n) is 5.82. The molecule has 4 rings (SSSR count). The number of morpholine rings is 1. The number of benzene rings is 3. The van der Waals surface area contributed by atoms with Gasteiger partial charge in [0.25, 0.3) is 21.4 Å². The molecule has 1 fully saturated rings. The van der Waals surface area contributed by atoms with Crippen LogP contribution in [0.4, 0.5) is 28.4 Å². The largest absolute Gasteiger partial charge is 0.478 e. The molecule has 1 aliphatic rings. The van der Waals surface area contributed by atoms with E-state index in [2.05, 4.69) is 15.2 Å². The van der Waals surface area contributed by atoms with Crippen LogP contribution in [-0.2, 0) is 14.8 Å². The molecule has 0 atom stereocenters. The van der Waals surface area contributed by atoms with E-state index in [1.54, 1.807) is 12.1 Å². The van der Waals surface area contributed by atoms with Gasteiger partial charge >= 0.3 is 5.97 Å². The normalized spacial score (nSPS) is 13.7. The number of nitro benzene ring substituents is 2. The van der Waals surface area contributed by atoms with Gasteiger partial charge < -0.3 is 14.7 Å². The fourth-order valence-corrected chi connectivity index (χ4v) is 5.00. The van der Waals surface area contributed by atoms with Gasteiger partial charge in [-0.05, 0) is 30.3 Å². The maximum absolute atomic E-state index is 12.8. The Balaban J connectivity index is 1.55. The number of nitro groups is 2. The molecule has 0 aliphatic carbocycles. The number of anilines is 3. The summed E-state index contributed by atoms with van der Waals surface area (Å²) in [6, 6.07) is 12.8. The number of carbonyl (C=O) groups is 1. The summed E-state index contributed by atoms with van der Waals surface area (Å²) < 4.78 is 33.1. The van der Waals surface area contributed by atoms with Crippen LogP contribution in [0.5, 0.6) is 0 Å². The van der Waals surface area contributed by atoms with E-state index in [1.807, 2.05) is 4.90 Å². The molecule has 3 aromatic carbocycles. The van der Waals surface area contributed by atoms with Crippen LogP contribution in [0.3, 0.4) is 0 Å². The SMILES string of the molecule is O=C(O)c1ccccc1NS(=O)(=O)c1ccc(N/N=C\c2ccc(N3CCOCC3)c([N+](=O)[O-])c2)c([N+](=O)[O-])c1. The molecule has 208 valence electrons. The number of aromatic carboxylic acids is 1. The number of nitrogens with zero attached hydrogens (tertiary/aromatic N) is 4. The van der Waals surface area contributed by atoms with E-state index in [0.717, 1.165) is 18.2 Å². The number of hydrazone groups is 1. The van der Waals surface area contributed by atoms with Crippen LogP contribution in [0.25, 0.3) is 0 Å². The zero-order chi connectivity index (χ0) is 28.9. The van der Waals surface area contributed by atoms with Crippen LogP contribution < -0.4 is 15.0 Å². The van der Waals surface area contributed by atoms with Crippen LogP contribution in [0, 0.1) is 20.2 Å². The molecule has 3 aromatic rings. The summed E-state index contributed by atoms with van der Waals surface area (Å²) in [5.74, 6) is -1.36. The quantitative estimate of drug-likeness (QED) is 0.183. The molecule has 0 aromatic heterocycles. The smallest absolute Gasteiger partial charge is 0.337 e. The number of rotatable bonds is 10. The van der Waals surface area contributed by atoms with E-state index < -0.39 is 36.4 Å². The molecule has 40 heavy (non-hydrogen) atoms. The molecule has 0 saturated carbocycles. The van der Waals surface area contributed by atoms with Crippen molar-refractivity contribution in [3.8, 4) is 0 Å². The van der Waals surface area contributed by atoms with E-state index in [0.29, 0.717) is 37.6 Å². The first-order chi connectivity index (χ1) is 19.1. The van der Waals surface area contributed by atoms with E-state index in [9.17, 15) is 38.5 Å². The number of carboxylic acids is 1. The highest BCUT2D eigenvalue weighted by molar-refractivity contribution is 7.92. The highest BCUT2D eigenvalue weighted by atomic mass is 32.2. The average Bonchev–Trinajstić information content (AvgIpc) is 2.93. The molecular formula is C24H22N6O9S. The topological polar surface area (TPSA) is 207 Å². The summed E-state index contributed by atoms with van der Waals surface area (Å²) >= 11 is 0. The van der Waals surface area contributed by atoms with Crippen molar-refractivity contribution >= 4 is 50.6 Å². The van der Waals surface area contributed by atoms with Crippen molar-refractivity contribution in [2.45, 2.75) is 4.90 Å². The molecule has 1 saturated heterocycles. The fraction of sp³-hybridized carbons (Fsp3) is 0.167. The predicted molar refractivity (Wildman–Crippen MR) is 145 cm³/mol. The predicted octanol–water partition coefficient (Wildman–Crippen LogP) is 3.28. The lowest BCUT2D eigenvalue weighted by Crippen LogP contribution is -2.36. The number of hydrogen-bond donors (Lipinski definition) is 3. The Morgan fingerprint density at radius 1 is 0.975 bits per heavy atom. The monoisotopic (exact) mass is 570 g/mol. The second-order valence-corrected chi connectivity index (χ2v) is 10.0. The summed E-state index contributed by atoms with van der Waals surface area (Å²) in [7, 11) is -4.39. The van der Waals surface area contributed by atoms with Crippen molar-refractivity contribution in [1.82, 2.24) is 0 Å². The van der Waals surface area contributed by atoms with Gasteiger partial charge in [-0.3, -0.25) is 30.4 Å². The zero-order valence-electron chi connectivity index (χ0n) is 20.6. The van der Waals surface area contributed by atoms with Gasteiger partial charge in [-0.15, -0.1) is 0 Å². The van der Waals surface area contributed by atoms with E-state index >= 15 is 0 Å². The van der Waals surface area contributed by atoms with Crippen LogP contribution >= 0.6 is 0 Å². The van der Waals surface area contributed by atoms with Crippen LogP contribution in [0.15, 0.2) is 70.7 Å². The maximum Gasteiger partial charge on any atom is 0.337 e. The molecule has 0 radical (unpaired) electrons. The van der Waals surface area contributed by atoms with Crippen LogP contribution in [-0.4, -0.2) is 61.9 Å². The summed E-state index contributed by atoms with van der Waals surface area (Å²) in [6.45, 7) is 1.92. The Kier molecular flexibility index (Phi) is 8.20.